The van der Waals surface area contributed by atoms with E-state index in [1.807, 2.05) is 29.2 Å². The Balaban J connectivity index is 1.12. The maximum Gasteiger partial charge on any atom is 0.317 e. The maximum atomic E-state index is 12.7. The number of aromatic amines is 1. The molecule has 2 aliphatic rings. The summed E-state index contributed by atoms with van der Waals surface area (Å²) in [6, 6.07) is 18.9. The van der Waals surface area contributed by atoms with Gasteiger partial charge in [0.05, 0.1) is 17.0 Å². The molecule has 2 aromatic carbocycles. The maximum absolute atomic E-state index is 12.7. The Bertz CT molecular complexity index is 946. The Kier molecular flexibility index (Phi) is 4.94. The first-order chi connectivity index (χ1) is 14.2. The quantitative estimate of drug-likeness (QED) is 0.719. The highest BCUT2D eigenvalue weighted by molar-refractivity contribution is 5.77. The fraction of sp³-hybridized carbons (Fsp3) is 0.391. The molecule has 29 heavy (non-hydrogen) atoms. The van der Waals surface area contributed by atoms with Gasteiger partial charge in [-0.1, -0.05) is 42.5 Å². The van der Waals surface area contributed by atoms with Crippen LogP contribution in [-0.4, -0.2) is 58.0 Å². The van der Waals surface area contributed by atoms with Crippen LogP contribution >= 0.6 is 0 Å². The summed E-state index contributed by atoms with van der Waals surface area (Å²) in [5.74, 6) is 1.29. The van der Waals surface area contributed by atoms with Crippen LogP contribution in [0, 0.1) is 0 Å². The number of fused-ring (bicyclic) bond motifs is 1. The Morgan fingerprint density at radius 3 is 2.69 bits per heavy atom. The number of rotatable bonds is 4. The first kappa shape index (κ1) is 18.2. The highest BCUT2D eigenvalue weighted by atomic mass is 16.2. The number of imidazole rings is 1. The molecule has 3 aromatic rings. The van der Waals surface area contributed by atoms with Crippen LogP contribution < -0.4 is 5.32 Å². The van der Waals surface area contributed by atoms with Crippen molar-refractivity contribution in [2.75, 3.05) is 26.2 Å². The van der Waals surface area contributed by atoms with Crippen molar-refractivity contribution in [3.05, 3.63) is 66.0 Å². The third-order valence-electron chi connectivity index (χ3n) is 6.05. The van der Waals surface area contributed by atoms with Crippen molar-refractivity contribution in [2.45, 2.75) is 31.3 Å². The van der Waals surface area contributed by atoms with Gasteiger partial charge in [0.1, 0.15) is 5.82 Å². The topological polar surface area (TPSA) is 64.3 Å². The first-order valence-electron chi connectivity index (χ1n) is 10.5. The molecule has 2 amide bonds. The fourth-order valence-corrected chi connectivity index (χ4v) is 4.41. The molecule has 2 fully saturated rings. The third kappa shape index (κ3) is 3.98. The number of carbonyl (C=O) groups excluding carboxylic acids is 1. The average molecular weight is 390 g/mol. The summed E-state index contributed by atoms with van der Waals surface area (Å²) < 4.78 is 0. The zero-order valence-electron chi connectivity index (χ0n) is 16.6. The number of hydrogen-bond donors (Lipinski definition) is 2. The average Bonchev–Trinajstić information content (AvgIpc) is 3.11. The van der Waals surface area contributed by atoms with Crippen LogP contribution in [0.2, 0.25) is 0 Å². The second-order valence-electron chi connectivity index (χ2n) is 8.25. The molecule has 6 nitrogen and oxygen atoms in total. The molecule has 0 spiro atoms. The van der Waals surface area contributed by atoms with Gasteiger partial charge in [-0.05, 0) is 37.1 Å². The molecule has 5 rings (SSSR count). The Hall–Kier alpha value is -2.86. The zero-order chi connectivity index (χ0) is 19.6. The van der Waals surface area contributed by atoms with E-state index in [0.29, 0.717) is 5.92 Å². The van der Waals surface area contributed by atoms with Gasteiger partial charge >= 0.3 is 6.03 Å². The lowest BCUT2D eigenvalue weighted by Crippen LogP contribution is -2.57. The number of para-hydroxylation sites is 2. The number of urea groups is 1. The van der Waals surface area contributed by atoms with Gasteiger partial charge in [-0.15, -0.1) is 0 Å². The van der Waals surface area contributed by atoms with E-state index in [0.717, 1.165) is 62.4 Å². The minimum absolute atomic E-state index is 0.0592. The van der Waals surface area contributed by atoms with Gasteiger partial charge in [-0.25, -0.2) is 9.78 Å². The van der Waals surface area contributed by atoms with Crippen LogP contribution in [0.4, 0.5) is 4.79 Å². The summed E-state index contributed by atoms with van der Waals surface area (Å²) >= 11 is 0. The number of benzene rings is 2. The molecule has 6 heteroatoms. The predicted octanol–water partition coefficient (Wildman–Crippen LogP) is 3.34. The number of amides is 2. The summed E-state index contributed by atoms with van der Waals surface area (Å²) in [5.41, 5.74) is 3.38. The molecule has 150 valence electrons. The lowest BCUT2D eigenvalue weighted by molar-refractivity contribution is 0.133. The Morgan fingerprint density at radius 1 is 1.07 bits per heavy atom. The number of carbonyl (C=O) groups is 1. The highest BCUT2D eigenvalue weighted by Gasteiger charge is 2.35. The predicted molar refractivity (Wildman–Crippen MR) is 114 cm³/mol. The van der Waals surface area contributed by atoms with E-state index >= 15 is 0 Å². The number of piperidine rings is 1. The van der Waals surface area contributed by atoms with E-state index in [1.165, 1.54) is 5.56 Å². The molecule has 0 radical (unpaired) electrons. The number of aromatic nitrogens is 2. The van der Waals surface area contributed by atoms with Gasteiger partial charge in [-0.2, -0.15) is 0 Å². The summed E-state index contributed by atoms with van der Waals surface area (Å²) in [4.78, 5) is 25.1. The number of likely N-dealkylation sites (tertiary alicyclic amines) is 2. The van der Waals surface area contributed by atoms with Crippen molar-refractivity contribution in [3.8, 4) is 0 Å². The van der Waals surface area contributed by atoms with Crippen molar-refractivity contribution in [2.24, 2.45) is 0 Å². The molecule has 2 N–H and O–H groups in total. The Morgan fingerprint density at radius 2 is 1.86 bits per heavy atom. The first-order valence-corrected chi connectivity index (χ1v) is 10.5. The summed E-state index contributed by atoms with van der Waals surface area (Å²) in [6.07, 6.45) is 2.18. The molecular weight excluding hydrogens is 362 g/mol. The van der Waals surface area contributed by atoms with Crippen LogP contribution in [0.25, 0.3) is 11.0 Å². The summed E-state index contributed by atoms with van der Waals surface area (Å²) in [7, 11) is 0. The van der Waals surface area contributed by atoms with Crippen LogP contribution in [0.1, 0.15) is 30.1 Å². The minimum atomic E-state index is 0.0592. The molecule has 0 aliphatic carbocycles. The largest absolute Gasteiger partial charge is 0.342 e. The SMILES string of the molecule is O=C(N[C@H]1CCCN(Cc2ccccc2)C1)N1CC(c2nc3ccccc3[nH]2)C1. The van der Waals surface area contributed by atoms with E-state index in [-0.39, 0.29) is 12.1 Å². The van der Waals surface area contributed by atoms with E-state index in [2.05, 4.69) is 50.5 Å². The van der Waals surface area contributed by atoms with Gasteiger partial charge < -0.3 is 15.2 Å². The number of nitrogens with one attached hydrogen (secondary N) is 2. The van der Waals surface area contributed by atoms with Crippen molar-refractivity contribution < 1.29 is 4.79 Å². The van der Waals surface area contributed by atoms with Gasteiger partial charge in [0.2, 0.25) is 0 Å². The third-order valence-corrected chi connectivity index (χ3v) is 6.05. The number of hydrogen-bond acceptors (Lipinski definition) is 3. The fourth-order valence-electron chi connectivity index (χ4n) is 4.41. The van der Waals surface area contributed by atoms with Gasteiger partial charge in [0.15, 0.2) is 0 Å². The molecular formula is C23H27N5O. The normalized spacial score (nSPS) is 20.6. The standard InChI is InChI=1S/C23H27N5O/c29-23(24-19-9-6-12-27(16-19)13-17-7-2-1-3-8-17)28-14-18(15-28)22-25-20-10-4-5-11-21(20)26-22/h1-5,7-8,10-11,18-19H,6,9,12-16H2,(H,24,29)(H,25,26)/t19-/m0/s1. The molecule has 1 aromatic heterocycles. The molecule has 0 unspecified atom stereocenters. The molecule has 1 atom stereocenters. The second kappa shape index (κ2) is 7.87. The highest BCUT2D eigenvalue weighted by Crippen LogP contribution is 2.27. The van der Waals surface area contributed by atoms with E-state index in [1.54, 1.807) is 0 Å². The van der Waals surface area contributed by atoms with Gasteiger partial charge in [0.25, 0.3) is 0 Å². The molecule has 0 saturated carbocycles. The summed E-state index contributed by atoms with van der Waals surface area (Å²) in [6.45, 7) is 4.42. The van der Waals surface area contributed by atoms with Crippen molar-refractivity contribution >= 4 is 17.1 Å². The number of H-pyrrole nitrogens is 1. The Labute approximate surface area is 170 Å². The summed E-state index contributed by atoms with van der Waals surface area (Å²) in [5, 5.41) is 3.25. The van der Waals surface area contributed by atoms with E-state index in [9.17, 15) is 4.79 Å². The van der Waals surface area contributed by atoms with E-state index in [4.69, 9.17) is 0 Å². The molecule has 2 aliphatic heterocycles. The van der Waals surface area contributed by atoms with E-state index < -0.39 is 0 Å². The van der Waals surface area contributed by atoms with Crippen LogP contribution in [-0.2, 0) is 6.54 Å². The lowest BCUT2D eigenvalue weighted by Gasteiger charge is -2.40. The molecule has 2 saturated heterocycles. The zero-order valence-corrected chi connectivity index (χ0v) is 16.6. The monoisotopic (exact) mass is 389 g/mol. The van der Waals surface area contributed by atoms with Crippen molar-refractivity contribution in [1.82, 2.24) is 25.1 Å². The van der Waals surface area contributed by atoms with Crippen LogP contribution in [0.3, 0.4) is 0 Å². The van der Waals surface area contributed by atoms with Gasteiger partial charge in [0, 0.05) is 32.2 Å². The molecule has 3 heterocycles. The number of nitrogens with zero attached hydrogens (tertiary/aromatic N) is 3. The van der Waals surface area contributed by atoms with Gasteiger partial charge in [-0.3, -0.25) is 4.90 Å². The van der Waals surface area contributed by atoms with Crippen molar-refractivity contribution in [1.29, 1.82) is 0 Å². The van der Waals surface area contributed by atoms with Crippen LogP contribution in [0.5, 0.6) is 0 Å². The minimum Gasteiger partial charge on any atom is -0.342 e. The van der Waals surface area contributed by atoms with Crippen molar-refractivity contribution in [3.63, 3.8) is 0 Å². The molecule has 0 bridgehead atoms. The van der Waals surface area contributed by atoms with Crippen LogP contribution in [0.15, 0.2) is 54.6 Å². The smallest absolute Gasteiger partial charge is 0.317 e. The second-order valence-corrected chi connectivity index (χ2v) is 8.25. The lowest BCUT2D eigenvalue weighted by atomic mass is 10.00.